The van der Waals surface area contributed by atoms with Gasteiger partial charge in [-0.05, 0) is 25.1 Å². The fourth-order valence-corrected chi connectivity index (χ4v) is 2.51. The zero-order valence-electron chi connectivity index (χ0n) is 17.5. The van der Waals surface area contributed by atoms with Crippen LogP contribution in [0.3, 0.4) is 0 Å². The number of hydrogen-bond donors (Lipinski definition) is 2. The first-order chi connectivity index (χ1) is 14.4. The van der Waals surface area contributed by atoms with E-state index in [1.54, 1.807) is 32.4 Å². The number of rotatable bonds is 9. The van der Waals surface area contributed by atoms with Crippen LogP contribution in [-0.2, 0) is 13.1 Å². The highest BCUT2D eigenvalue weighted by atomic mass is 127. The highest BCUT2D eigenvalue weighted by molar-refractivity contribution is 14.0. The van der Waals surface area contributed by atoms with E-state index in [4.69, 9.17) is 14.2 Å². The Morgan fingerprint density at radius 1 is 1.10 bits per heavy atom. The minimum atomic E-state index is -4.44. The van der Waals surface area contributed by atoms with Crippen molar-refractivity contribution in [3.63, 3.8) is 0 Å². The van der Waals surface area contributed by atoms with Crippen LogP contribution in [0.15, 0.2) is 41.5 Å². The van der Waals surface area contributed by atoms with Gasteiger partial charge in [0.15, 0.2) is 12.6 Å². The van der Waals surface area contributed by atoms with Gasteiger partial charge in [-0.15, -0.1) is 24.0 Å². The summed E-state index contributed by atoms with van der Waals surface area (Å²) >= 11 is 0. The molecule has 0 fully saturated rings. The SMILES string of the molecule is CCNC(=NCc1cccnc1OCC(F)(F)F)NCc1ccc(OC)cc1OC.I. The molecule has 0 bridgehead atoms. The molecule has 7 nitrogen and oxygen atoms in total. The monoisotopic (exact) mass is 554 g/mol. The fraction of sp³-hybridized carbons (Fsp3) is 0.400. The van der Waals surface area contributed by atoms with E-state index in [9.17, 15) is 13.2 Å². The van der Waals surface area contributed by atoms with E-state index >= 15 is 0 Å². The Morgan fingerprint density at radius 2 is 1.87 bits per heavy atom. The summed E-state index contributed by atoms with van der Waals surface area (Å²) in [6.07, 6.45) is -3.07. The Labute approximate surface area is 196 Å². The van der Waals surface area contributed by atoms with E-state index in [0.29, 0.717) is 36.1 Å². The fourth-order valence-electron chi connectivity index (χ4n) is 2.51. The van der Waals surface area contributed by atoms with Crippen molar-refractivity contribution < 1.29 is 27.4 Å². The maximum absolute atomic E-state index is 12.4. The Bertz CT molecular complexity index is 851. The number of benzene rings is 1. The number of aliphatic imine (C=N–C) groups is 1. The minimum absolute atomic E-state index is 0. The van der Waals surface area contributed by atoms with Crippen molar-refractivity contribution in [3.8, 4) is 17.4 Å². The number of aromatic nitrogens is 1. The number of ether oxygens (including phenoxy) is 3. The van der Waals surface area contributed by atoms with E-state index in [2.05, 4.69) is 20.6 Å². The summed E-state index contributed by atoms with van der Waals surface area (Å²) in [5.41, 5.74) is 1.33. The molecule has 0 spiro atoms. The van der Waals surface area contributed by atoms with Gasteiger partial charge >= 0.3 is 6.18 Å². The number of guanidine groups is 1. The van der Waals surface area contributed by atoms with Crippen LogP contribution in [0.25, 0.3) is 0 Å². The lowest BCUT2D eigenvalue weighted by molar-refractivity contribution is -0.154. The van der Waals surface area contributed by atoms with E-state index in [1.807, 2.05) is 19.1 Å². The largest absolute Gasteiger partial charge is 0.497 e. The molecule has 31 heavy (non-hydrogen) atoms. The molecule has 1 aromatic carbocycles. The maximum atomic E-state index is 12.4. The molecular weight excluding hydrogens is 528 g/mol. The summed E-state index contributed by atoms with van der Waals surface area (Å²) in [6.45, 7) is 1.62. The Kier molecular flexibility index (Phi) is 11.2. The molecule has 0 radical (unpaired) electrons. The van der Waals surface area contributed by atoms with Crippen molar-refractivity contribution in [3.05, 3.63) is 47.7 Å². The number of methoxy groups -OCH3 is 2. The van der Waals surface area contributed by atoms with E-state index in [-0.39, 0.29) is 36.4 Å². The quantitative estimate of drug-likeness (QED) is 0.278. The summed E-state index contributed by atoms with van der Waals surface area (Å²) in [6, 6.07) is 8.72. The van der Waals surface area contributed by atoms with Crippen LogP contribution >= 0.6 is 24.0 Å². The molecule has 2 aromatic rings. The first-order valence-corrected chi connectivity index (χ1v) is 9.22. The van der Waals surface area contributed by atoms with Gasteiger partial charge in [-0.1, -0.05) is 6.07 Å². The topological polar surface area (TPSA) is 77.0 Å². The average molecular weight is 554 g/mol. The molecule has 0 amide bonds. The third-order valence-corrected chi connectivity index (χ3v) is 3.91. The van der Waals surface area contributed by atoms with Crippen LogP contribution in [0.4, 0.5) is 13.2 Å². The predicted octanol–water partition coefficient (Wildman–Crippen LogP) is 3.91. The molecule has 1 heterocycles. The molecule has 2 rings (SSSR count). The Balaban J connectivity index is 0.00000480. The van der Waals surface area contributed by atoms with Gasteiger partial charge in [0, 0.05) is 36.5 Å². The molecule has 0 aliphatic carbocycles. The van der Waals surface area contributed by atoms with Gasteiger partial charge in [0.2, 0.25) is 5.88 Å². The van der Waals surface area contributed by atoms with Crippen molar-refractivity contribution in [2.45, 2.75) is 26.2 Å². The molecule has 0 atom stereocenters. The zero-order valence-corrected chi connectivity index (χ0v) is 19.8. The van der Waals surface area contributed by atoms with Gasteiger partial charge < -0.3 is 24.8 Å². The standard InChI is InChI=1S/C20H25F3N4O3.HI/c1-4-24-19(26-11-14-7-8-16(28-2)10-17(14)29-3)27-12-15-6-5-9-25-18(15)30-13-20(21,22)23;/h5-10H,4,11-13H2,1-3H3,(H2,24,26,27);1H. The van der Waals surface area contributed by atoms with Crippen LogP contribution in [0.5, 0.6) is 17.4 Å². The highest BCUT2D eigenvalue weighted by Crippen LogP contribution is 2.24. The first kappa shape index (κ1) is 26.6. The van der Waals surface area contributed by atoms with Crippen LogP contribution in [0.2, 0.25) is 0 Å². The number of nitrogens with one attached hydrogen (secondary N) is 2. The van der Waals surface area contributed by atoms with Crippen molar-refractivity contribution in [2.24, 2.45) is 4.99 Å². The molecule has 0 unspecified atom stereocenters. The summed E-state index contributed by atoms with van der Waals surface area (Å²) in [4.78, 5) is 8.30. The molecule has 0 aliphatic rings. The molecule has 11 heteroatoms. The van der Waals surface area contributed by atoms with Crippen LogP contribution in [-0.4, -0.2) is 44.5 Å². The van der Waals surface area contributed by atoms with Crippen molar-refractivity contribution in [1.29, 1.82) is 0 Å². The minimum Gasteiger partial charge on any atom is -0.497 e. The molecule has 0 saturated heterocycles. The number of nitrogens with zero attached hydrogens (tertiary/aromatic N) is 2. The second-order valence-corrected chi connectivity index (χ2v) is 6.10. The molecular formula is C20H26F3IN4O3. The number of halogens is 4. The first-order valence-electron chi connectivity index (χ1n) is 9.22. The predicted molar refractivity (Wildman–Crippen MR) is 122 cm³/mol. The van der Waals surface area contributed by atoms with Crippen molar-refractivity contribution in [2.75, 3.05) is 27.4 Å². The third-order valence-electron chi connectivity index (χ3n) is 3.91. The van der Waals surface area contributed by atoms with Crippen LogP contribution in [0.1, 0.15) is 18.1 Å². The molecule has 2 N–H and O–H groups in total. The molecule has 0 aliphatic heterocycles. The van der Waals surface area contributed by atoms with Gasteiger partial charge in [-0.25, -0.2) is 9.98 Å². The lowest BCUT2D eigenvalue weighted by Crippen LogP contribution is -2.36. The number of hydrogen-bond acceptors (Lipinski definition) is 5. The van der Waals surface area contributed by atoms with Gasteiger partial charge in [-0.2, -0.15) is 13.2 Å². The summed E-state index contributed by atoms with van der Waals surface area (Å²) in [5.74, 6) is 1.74. The molecule has 0 saturated carbocycles. The zero-order chi connectivity index (χ0) is 22.0. The van der Waals surface area contributed by atoms with E-state index in [0.717, 1.165) is 5.56 Å². The smallest absolute Gasteiger partial charge is 0.422 e. The number of alkyl halides is 3. The van der Waals surface area contributed by atoms with E-state index < -0.39 is 12.8 Å². The molecule has 1 aromatic heterocycles. The van der Waals surface area contributed by atoms with Gasteiger partial charge in [0.1, 0.15) is 11.5 Å². The maximum Gasteiger partial charge on any atom is 0.422 e. The average Bonchev–Trinajstić information content (AvgIpc) is 2.74. The molecule has 172 valence electrons. The normalized spacial score (nSPS) is 11.4. The van der Waals surface area contributed by atoms with Crippen LogP contribution < -0.4 is 24.8 Å². The Hall–Kier alpha value is -2.44. The third kappa shape index (κ3) is 9.07. The summed E-state index contributed by atoms with van der Waals surface area (Å²) < 4.78 is 52.7. The highest BCUT2D eigenvalue weighted by Gasteiger charge is 2.29. The van der Waals surface area contributed by atoms with Crippen LogP contribution in [0, 0.1) is 0 Å². The summed E-state index contributed by atoms with van der Waals surface area (Å²) in [7, 11) is 3.15. The van der Waals surface area contributed by atoms with Crippen molar-refractivity contribution >= 4 is 29.9 Å². The lowest BCUT2D eigenvalue weighted by Gasteiger charge is -2.15. The van der Waals surface area contributed by atoms with Gasteiger partial charge in [-0.3, -0.25) is 0 Å². The van der Waals surface area contributed by atoms with E-state index in [1.165, 1.54) is 6.20 Å². The van der Waals surface area contributed by atoms with Gasteiger partial charge in [0.25, 0.3) is 0 Å². The Morgan fingerprint density at radius 3 is 2.52 bits per heavy atom. The second-order valence-electron chi connectivity index (χ2n) is 6.10. The lowest BCUT2D eigenvalue weighted by atomic mass is 10.2. The number of pyridine rings is 1. The second kappa shape index (κ2) is 13.1. The van der Waals surface area contributed by atoms with Crippen molar-refractivity contribution in [1.82, 2.24) is 15.6 Å². The summed E-state index contributed by atoms with van der Waals surface area (Å²) in [5, 5.41) is 6.26. The van der Waals surface area contributed by atoms with Gasteiger partial charge in [0.05, 0.1) is 20.8 Å².